The topological polar surface area (TPSA) is 51.5 Å². The van der Waals surface area contributed by atoms with Crippen molar-refractivity contribution in [3.63, 3.8) is 0 Å². The predicted octanol–water partition coefficient (Wildman–Crippen LogP) is 5.17. The summed E-state index contributed by atoms with van der Waals surface area (Å²) in [5.41, 5.74) is 2.01. The molecule has 1 amide bonds. The molecule has 1 heterocycles. The van der Waals surface area contributed by atoms with Crippen molar-refractivity contribution < 1.29 is 13.9 Å². The first-order valence-electron chi connectivity index (χ1n) is 7.38. The molecule has 24 heavy (non-hydrogen) atoms. The Morgan fingerprint density at radius 1 is 1.12 bits per heavy atom. The Bertz CT molecular complexity index is 869. The summed E-state index contributed by atoms with van der Waals surface area (Å²) < 4.78 is 10.9. The van der Waals surface area contributed by atoms with E-state index < -0.39 is 0 Å². The molecule has 3 rings (SSSR count). The van der Waals surface area contributed by atoms with Crippen LogP contribution in [-0.2, 0) is 0 Å². The summed E-state index contributed by atoms with van der Waals surface area (Å²) in [6.07, 6.45) is 0. The third kappa shape index (κ3) is 3.44. The van der Waals surface area contributed by atoms with Crippen molar-refractivity contribution >= 4 is 23.2 Å². The van der Waals surface area contributed by atoms with Crippen molar-refractivity contribution in [3.05, 3.63) is 70.9 Å². The molecule has 1 aromatic heterocycles. The number of anilines is 1. The number of benzene rings is 2. The second kappa shape index (κ2) is 6.81. The van der Waals surface area contributed by atoms with E-state index in [1.165, 1.54) is 0 Å². The van der Waals surface area contributed by atoms with Gasteiger partial charge in [-0.15, -0.1) is 0 Å². The number of carbonyl (C=O) groups is 1. The Balaban J connectivity index is 1.83. The number of hydrogen-bond acceptors (Lipinski definition) is 3. The number of halogens is 1. The van der Waals surface area contributed by atoms with Crippen LogP contribution in [0, 0.1) is 6.92 Å². The van der Waals surface area contributed by atoms with Gasteiger partial charge in [-0.3, -0.25) is 4.79 Å². The molecular formula is C19H16ClNO3. The van der Waals surface area contributed by atoms with Crippen LogP contribution in [0.15, 0.2) is 59.0 Å². The van der Waals surface area contributed by atoms with Crippen LogP contribution >= 0.6 is 11.6 Å². The van der Waals surface area contributed by atoms with Gasteiger partial charge >= 0.3 is 0 Å². The standard InChI is InChI=1S/C19H16ClNO3/c1-12-17(11-18(24-12)13-6-8-14(20)9-7-13)19(22)21-15-4-3-5-16(10-15)23-2/h3-11H,1-2H3,(H,21,22). The Morgan fingerprint density at radius 2 is 1.88 bits per heavy atom. The number of methoxy groups -OCH3 is 1. The Labute approximate surface area is 145 Å². The summed E-state index contributed by atoms with van der Waals surface area (Å²) in [7, 11) is 1.58. The zero-order valence-electron chi connectivity index (χ0n) is 13.3. The molecule has 0 saturated heterocycles. The van der Waals surface area contributed by atoms with Crippen LogP contribution in [0.4, 0.5) is 5.69 Å². The number of amides is 1. The van der Waals surface area contributed by atoms with Crippen molar-refractivity contribution in [2.45, 2.75) is 6.92 Å². The molecule has 0 fully saturated rings. The highest BCUT2D eigenvalue weighted by atomic mass is 35.5. The fourth-order valence-electron chi connectivity index (χ4n) is 2.36. The number of rotatable bonds is 4. The first-order valence-corrected chi connectivity index (χ1v) is 7.76. The van der Waals surface area contributed by atoms with E-state index in [1.54, 1.807) is 44.4 Å². The van der Waals surface area contributed by atoms with E-state index in [-0.39, 0.29) is 5.91 Å². The summed E-state index contributed by atoms with van der Waals surface area (Å²) in [4.78, 5) is 12.5. The summed E-state index contributed by atoms with van der Waals surface area (Å²) >= 11 is 5.90. The van der Waals surface area contributed by atoms with Gasteiger partial charge in [0, 0.05) is 22.3 Å². The molecule has 0 saturated carbocycles. The molecule has 5 heteroatoms. The molecule has 0 radical (unpaired) electrons. The molecule has 1 N–H and O–H groups in total. The van der Waals surface area contributed by atoms with E-state index in [9.17, 15) is 4.79 Å². The molecule has 0 aliphatic rings. The monoisotopic (exact) mass is 341 g/mol. The van der Waals surface area contributed by atoms with Crippen LogP contribution in [0.3, 0.4) is 0 Å². The first-order chi connectivity index (χ1) is 11.6. The minimum Gasteiger partial charge on any atom is -0.497 e. The average molecular weight is 342 g/mol. The van der Waals surface area contributed by atoms with Gasteiger partial charge in [-0.25, -0.2) is 0 Å². The van der Waals surface area contributed by atoms with Gasteiger partial charge in [0.15, 0.2) is 0 Å². The van der Waals surface area contributed by atoms with Crippen molar-refractivity contribution in [1.82, 2.24) is 0 Å². The number of aryl methyl sites for hydroxylation is 1. The molecule has 0 atom stereocenters. The third-order valence-electron chi connectivity index (χ3n) is 3.62. The maximum atomic E-state index is 12.5. The van der Waals surface area contributed by atoms with Gasteiger partial charge in [0.1, 0.15) is 17.3 Å². The Kier molecular flexibility index (Phi) is 4.58. The van der Waals surface area contributed by atoms with Gasteiger partial charge in [0.2, 0.25) is 0 Å². The minimum absolute atomic E-state index is 0.232. The smallest absolute Gasteiger partial charge is 0.259 e. The largest absolute Gasteiger partial charge is 0.497 e. The molecule has 122 valence electrons. The molecule has 4 nitrogen and oxygen atoms in total. The lowest BCUT2D eigenvalue weighted by molar-refractivity contribution is 0.102. The molecule has 0 unspecified atom stereocenters. The van der Waals surface area contributed by atoms with Crippen molar-refractivity contribution in [2.24, 2.45) is 0 Å². The first kappa shape index (κ1) is 16.1. The molecule has 3 aromatic rings. The van der Waals surface area contributed by atoms with Gasteiger partial charge in [-0.1, -0.05) is 17.7 Å². The van der Waals surface area contributed by atoms with E-state index in [2.05, 4.69) is 5.32 Å². The summed E-state index contributed by atoms with van der Waals surface area (Å²) in [6.45, 7) is 1.76. The number of carbonyl (C=O) groups excluding carboxylic acids is 1. The molecule has 2 aromatic carbocycles. The van der Waals surface area contributed by atoms with Crippen molar-refractivity contribution in [3.8, 4) is 17.1 Å². The molecule has 0 bridgehead atoms. The lowest BCUT2D eigenvalue weighted by Gasteiger charge is -2.06. The second-order valence-electron chi connectivity index (χ2n) is 5.27. The Morgan fingerprint density at radius 3 is 2.58 bits per heavy atom. The van der Waals surface area contributed by atoms with Gasteiger partial charge in [-0.05, 0) is 49.4 Å². The fraction of sp³-hybridized carbons (Fsp3) is 0.105. The van der Waals surface area contributed by atoms with Crippen LogP contribution in [0.5, 0.6) is 5.75 Å². The lowest BCUT2D eigenvalue weighted by Crippen LogP contribution is -2.12. The van der Waals surface area contributed by atoms with Crippen LogP contribution in [-0.4, -0.2) is 13.0 Å². The Hall–Kier alpha value is -2.72. The number of ether oxygens (including phenoxy) is 1. The van der Waals surface area contributed by atoms with Gasteiger partial charge < -0.3 is 14.5 Å². The van der Waals surface area contributed by atoms with Crippen molar-refractivity contribution in [2.75, 3.05) is 12.4 Å². The average Bonchev–Trinajstić information content (AvgIpc) is 2.97. The number of furan rings is 1. The van der Waals surface area contributed by atoms with Gasteiger partial charge in [0.05, 0.1) is 12.7 Å². The molecule has 0 aliphatic carbocycles. The molecule has 0 aliphatic heterocycles. The van der Waals surface area contributed by atoms with E-state index in [0.717, 1.165) is 5.56 Å². The van der Waals surface area contributed by atoms with Crippen LogP contribution in [0.1, 0.15) is 16.1 Å². The highest BCUT2D eigenvalue weighted by molar-refractivity contribution is 6.30. The lowest BCUT2D eigenvalue weighted by atomic mass is 10.1. The van der Waals surface area contributed by atoms with Crippen LogP contribution in [0.25, 0.3) is 11.3 Å². The highest BCUT2D eigenvalue weighted by Crippen LogP contribution is 2.27. The van der Waals surface area contributed by atoms with Gasteiger partial charge in [0.25, 0.3) is 5.91 Å². The maximum Gasteiger partial charge on any atom is 0.259 e. The quantitative estimate of drug-likeness (QED) is 0.712. The minimum atomic E-state index is -0.232. The third-order valence-corrected chi connectivity index (χ3v) is 3.87. The summed E-state index contributed by atoms with van der Waals surface area (Å²) in [5.74, 6) is 1.63. The molecule has 0 spiro atoms. The SMILES string of the molecule is COc1cccc(NC(=O)c2cc(-c3ccc(Cl)cc3)oc2C)c1. The summed E-state index contributed by atoms with van der Waals surface area (Å²) in [6, 6.07) is 16.2. The zero-order chi connectivity index (χ0) is 17.1. The molecular weight excluding hydrogens is 326 g/mol. The van der Waals surface area contributed by atoms with Crippen molar-refractivity contribution in [1.29, 1.82) is 0 Å². The fourth-order valence-corrected chi connectivity index (χ4v) is 2.49. The van der Waals surface area contributed by atoms with Crippen LogP contribution in [0.2, 0.25) is 5.02 Å². The normalized spacial score (nSPS) is 10.5. The predicted molar refractivity (Wildman–Crippen MR) is 94.8 cm³/mol. The number of nitrogens with one attached hydrogen (secondary N) is 1. The number of hydrogen-bond donors (Lipinski definition) is 1. The maximum absolute atomic E-state index is 12.5. The van der Waals surface area contributed by atoms with E-state index in [0.29, 0.717) is 33.5 Å². The van der Waals surface area contributed by atoms with E-state index >= 15 is 0 Å². The van der Waals surface area contributed by atoms with E-state index in [1.807, 2.05) is 24.3 Å². The summed E-state index contributed by atoms with van der Waals surface area (Å²) in [5, 5.41) is 3.50. The van der Waals surface area contributed by atoms with E-state index in [4.69, 9.17) is 20.8 Å². The zero-order valence-corrected chi connectivity index (χ0v) is 14.1. The van der Waals surface area contributed by atoms with Gasteiger partial charge in [-0.2, -0.15) is 0 Å². The highest BCUT2D eigenvalue weighted by Gasteiger charge is 2.16. The van der Waals surface area contributed by atoms with Crippen LogP contribution < -0.4 is 10.1 Å². The second-order valence-corrected chi connectivity index (χ2v) is 5.71.